The van der Waals surface area contributed by atoms with Crippen LogP contribution in [0.2, 0.25) is 0 Å². The predicted molar refractivity (Wildman–Crippen MR) is 57.1 cm³/mol. The first-order chi connectivity index (χ1) is 7.22. The molecule has 1 aromatic carbocycles. The molecule has 82 valence electrons. The van der Waals surface area contributed by atoms with Crippen LogP contribution in [0.3, 0.4) is 0 Å². The van der Waals surface area contributed by atoms with E-state index in [0.29, 0.717) is 26.1 Å². The minimum Gasteiger partial charge on any atom is -0.497 e. The number of hydrogen-bond acceptors (Lipinski definition) is 3. The molecule has 0 aromatic heterocycles. The summed E-state index contributed by atoms with van der Waals surface area (Å²) in [5.41, 5.74) is 0.397. The van der Waals surface area contributed by atoms with Crippen molar-refractivity contribution in [1.29, 1.82) is 0 Å². The average Bonchev–Trinajstić information content (AvgIpc) is 2.65. The van der Waals surface area contributed by atoms with Gasteiger partial charge in [-0.05, 0) is 17.7 Å². The number of ether oxygens (including phenoxy) is 2. The second-order valence-electron chi connectivity index (χ2n) is 4.06. The summed E-state index contributed by atoms with van der Waals surface area (Å²) in [6.07, 6.45) is 1.34. The summed E-state index contributed by atoms with van der Waals surface area (Å²) in [4.78, 5) is 0. The third-order valence-corrected chi connectivity index (χ3v) is 2.75. The number of aliphatic hydroxyl groups is 1. The van der Waals surface area contributed by atoms with Gasteiger partial charge in [-0.1, -0.05) is 12.1 Å². The van der Waals surface area contributed by atoms with Gasteiger partial charge in [0.25, 0.3) is 0 Å². The van der Waals surface area contributed by atoms with Gasteiger partial charge in [0.2, 0.25) is 0 Å². The van der Waals surface area contributed by atoms with Crippen LogP contribution in [-0.2, 0) is 11.2 Å². The molecule has 1 aliphatic heterocycles. The molecule has 0 saturated carbocycles. The summed E-state index contributed by atoms with van der Waals surface area (Å²) < 4.78 is 10.3. The van der Waals surface area contributed by atoms with E-state index in [0.717, 1.165) is 11.3 Å². The first-order valence-corrected chi connectivity index (χ1v) is 5.15. The van der Waals surface area contributed by atoms with Gasteiger partial charge in [-0.15, -0.1) is 0 Å². The van der Waals surface area contributed by atoms with Gasteiger partial charge in [-0.2, -0.15) is 0 Å². The lowest BCUT2D eigenvalue weighted by molar-refractivity contribution is 0.0270. The lowest BCUT2D eigenvalue weighted by Gasteiger charge is -2.20. The molecule has 3 nitrogen and oxygen atoms in total. The van der Waals surface area contributed by atoms with Crippen molar-refractivity contribution in [3.63, 3.8) is 0 Å². The second kappa shape index (κ2) is 4.21. The zero-order chi connectivity index (χ0) is 10.7. The van der Waals surface area contributed by atoms with E-state index in [1.54, 1.807) is 7.11 Å². The lowest BCUT2D eigenvalue weighted by atomic mass is 9.94. The van der Waals surface area contributed by atoms with Crippen LogP contribution >= 0.6 is 0 Å². The molecule has 1 unspecified atom stereocenters. The van der Waals surface area contributed by atoms with E-state index in [1.807, 2.05) is 24.3 Å². The Labute approximate surface area is 89.6 Å². The molecule has 1 saturated heterocycles. The Hall–Kier alpha value is -1.06. The van der Waals surface area contributed by atoms with Crippen molar-refractivity contribution in [2.75, 3.05) is 20.3 Å². The zero-order valence-electron chi connectivity index (χ0n) is 8.90. The highest BCUT2D eigenvalue weighted by Crippen LogP contribution is 2.24. The minimum atomic E-state index is -0.688. The van der Waals surface area contributed by atoms with Crippen LogP contribution in [0.15, 0.2) is 24.3 Å². The van der Waals surface area contributed by atoms with Crippen molar-refractivity contribution in [3.8, 4) is 5.75 Å². The van der Waals surface area contributed by atoms with Crippen molar-refractivity contribution < 1.29 is 14.6 Å². The first-order valence-electron chi connectivity index (χ1n) is 5.15. The molecule has 1 heterocycles. The Bertz CT molecular complexity index is 329. The van der Waals surface area contributed by atoms with Crippen molar-refractivity contribution in [3.05, 3.63) is 29.8 Å². The minimum absolute atomic E-state index is 0.435. The van der Waals surface area contributed by atoms with Gasteiger partial charge >= 0.3 is 0 Å². The quantitative estimate of drug-likeness (QED) is 0.815. The van der Waals surface area contributed by atoms with Crippen molar-refractivity contribution >= 4 is 0 Å². The van der Waals surface area contributed by atoms with Crippen LogP contribution in [-0.4, -0.2) is 31.0 Å². The highest BCUT2D eigenvalue weighted by atomic mass is 16.5. The van der Waals surface area contributed by atoms with Gasteiger partial charge < -0.3 is 14.6 Å². The molecule has 0 bridgehead atoms. The van der Waals surface area contributed by atoms with Gasteiger partial charge in [-0.25, -0.2) is 0 Å². The van der Waals surface area contributed by atoms with Gasteiger partial charge in [0.15, 0.2) is 0 Å². The van der Waals surface area contributed by atoms with Crippen LogP contribution < -0.4 is 4.74 Å². The van der Waals surface area contributed by atoms with E-state index in [2.05, 4.69) is 0 Å². The van der Waals surface area contributed by atoms with Crippen LogP contribution in [0.1, 0.15) is 12.0 Å². The van der Waals surface area contributed by atoms with E-state index in [9.17, 15) is 5.11 Å². The molecule has 1 N–H and O–H groups in total. The van der Waals surface area contributed by atoms with E-state index in [1.165, 1.54) is 0 Å². The second-order valence-corrected chi connectivity index (χ2v) is 4.06. The highest BCUT2D eigenvalue weighted by molar-refractivity contribution is 5.29. The predicted octanol–water partition coefficient (Wildman–Crippen LogP) is 1.39. The van der Waals surface area contributed by atoms with E-state index >= 15 is 0 Å². The fourth-order valence-electron chi connectivity index (χ4n) is 1.90. The number of hydrogen-bond donors (Lipinski definition) is 1. The summed E-state index contributed by atoms with van der Waals surface area (Å²) in [5.74, 6) is 0.829. The fourth-order valence-corrected chi connectivity index (χ4v) is 1.90. The Morgan fingerprint density at radius 1 is 1.53 bits per heavy atom. The molecular weight excluding hydrogens is 192 g/mol. The van der Waals surface area contributed by atoms with Gasteiger partial charge in [0.1, 0.15) is 5.75 Å². The molecule has 0 spiro atoms. The van der Waals surface area contributed by atoms with Crippen molar-refractivity contribution in [2.24, 2.45) is 0 Å². The Morgan fingerprint density at radius 3 is 3.07 bits per heavy atom. The topological polar surface area (TPSA) is 38.7 Å². The molecular formula is C12H16O3. The van der Waals surface area contributed by atoms with Crippen LogP contribution in [0.5, 0.6) is 5.75 Å². The summed E-state index contributed by atoms with van der Waals surface area (Å²) in [6, 6.07) is 7.79. The first kappa shape index (κ1) is 10.5. The molecule has 0 radical (unpaired) electrons. The van der Waals surface area contributed by atoms with Gasteiger partial charge in [-0.3, -0.25) is 0 Å². The third-order valence-electron chi connectivity index (χ3n) is 2.75. The Balaban J connectivity index is 2.09. The number of benzene rings is 1. The monoisotopic (exact) mass is 208 g/mol. The number of methoxy groups -OCH3 is 1. The highest BCUT2D eigenvalue weighted by Gasteiger charge is 2.32. The van der Waals surface area contributed by atoms with Crippen LogP contribution in [0.4, 0.5) is 0 Å². The SMILES string of the molecule is COc1cccc(CC2(O)CCOC2)c1. The maximum Gasteiger partial charge on any atom is 0.119 e. The standard InChI is InChI=1S/C12H16O3/c1-14-11-4-2-3-10(7-11)8-12(13)5-6-15-9-12/h2-4,7,13H,5-6,8-9H2,1H3. The molecule has 1 aromatic rings. The molecule has 1 aliphatic rings. The largest absolute Gasteiger partial charge is 0.497 e. The molecule has 1 atom stereocenters. The zero-order valence-corrected chi connectivity index (χ0v) is 8.90. The normalized spacial score (nSPS) is 25.5. The molecule has 2 rings (SSSR count). The summed E-state index contributed by atoms with van der Waals surface area (Å²) in [6.45, 7) is 1.09. The molecule has 0 aliphatic carbocycles. The van der Waals surface area contributed by atoms with E-state index < -0.39 is 5.60 Å². The smallest absolute Gasteiger partial charge is 0.119 e. The molecule has 1 fully saturated rings. The van der Waals surface area contributed by atoms with Gasteiger partial charge in [0.05, 0.1) is 19.3 Å². The lowest BCUT2D eigenvalue weighted by Crippen LogP contribution is -2.31. The maximum absolute atomic E-state index is 10.1. The molecule has 15 heavy (non-hydrogen) atoms. The Kier molecular flexibility index (Phi) is 2.93. The average molecular weight is 208 g/mol. The van der Waals surface area contributed by atoms with Crippen LogP contribution in [0, 0.1) is 0 Å². The summed E-state index contributed by atoms with van der Waals surface area (Å²) in [7, 11) is 1.65. The summed E-state index contributed by atoms with van der Waals surface area (Å²) >= 11 is 0. The molecule has 3 heteroatoms. The van der Waals surface area contributed by atoms with E-state index in [-0.39, 0.29) is 0 Å². The van der Waals surface area contributed by atoms with Crippen molar-refractivity contribution in [2.45, 2.75) is 18.4 Å². The number of rotatable bonds is 3. The van der Waals surface area contributed by atoms with Crippen LogP contribution in [0.25, 0.3) is 0 Å². The summed E-state index contributed by atoms with van der Waals surface area (Å²) in [5, 5.41) is 10.1. The third kappa shape index (κ3) is 2.49. The Morgan fingerprint density at radius 2 is 2.40 bits per heavy atom. The van der Waals surface area contributed by atoms with Gasteiger partial charge in [0, 0.05) is 19.4 Å². The van der Waals surface area contributed by atoms with E-state index in [4.69, 9.17) is 9.47 Å². The fraction of sp³-hybridized carbons (Fsp3) is 0.500. The van der Waals surface area contributed by atoms with Crippen molar-refractivity contribution in [1.82, 2.24) is 0 Å². The maximum atomic E-state index is 10.1. The molecule has 0 amide bonds.